The molecule has 0 radical (unpaired) electrons. The molecule has 1 aliphatic carbocycles. The molecule has 77 heavy (non-hydrogen) atoms. The van der Waals surface area contributed by atoms with E-state index in [1.54, 1.807) is 0 Å². The van der Waals surface area contributed by atoms with Gasteiger partial charge in [0, 0.05) is 53.9 Å². The first kappa shape index (κ1) is 48.4. The molecule has 3 aromatic heterocycles. The van der Waals surface area contributed by atoms with E-state index >= 15 is 0 Å². The molecular formula is C74H57N3. The molecule has 11 aromatic rings. The summed E-state index contributed by atoms with van der Waals surface area (Å²) in [6.07, 6.45) is 19.8. The number of hydrogen-bond donors (Lipinski definition) is 0. The first-order valence-electron chi connectivity index (χ1n) is 26.6. The van der Waals surface area contributed by atoms with Crippen LogP contribution in [0.4, 0.5) is 0 Å². The van der Waals surface area contributed by atoms with Gasteiger partial charge in [0.25, 0.3) is 0 Å². The number of aromatic nitrogens is 3. The van der Waals surface area contributed by atoms with E-state index in [2.05, 4.69) is 254 Å². The van der Waals surface area contributed by atoms with Crippen LogP contribution in [0.3, 0.4) is 0 Å². The Kier molecular flexibility index (Phi) is 13.4. The van der Waals surface area contributed by atoms with Crippen molar-refractivity contribution < 1.29 is 0 Å². The Morgan fingerprint density at radius 2 is 0.766 bits per heavy atom. The second kappa shape index (κ2) is 21.3. The van der Waals surface area contributed by atoms with Crippen LogP contribution in [0.5, 0.6) is 0 Å². The average molecular weight is 988 g/mol. The van der Waals surface area contributed by atoms with E-state index in [1.807, 2.05) is 55.4 Å². The largest absolute Gasteiger partial charge is 0.264 e. The molecule has 0 amide bonds. The monoisotopic (exact) mass is 987 g/mol. The lowest BCUT2D eigenvalue weighted by molar-refractivity contribution is 0.770. The van der Waals surface area contributed by atoms with Gasteiger partial charge in [-0.3, -0.25) is 15.0 Å². The molecule has 0 unspecified atom stereocenters. The molecule has 0 N–H and O–H groups in total. The highest BCUT2D eigenvalue weighted by Crippen LogP contribution is 2.58. The smallest absolute Gasteiger partial charge is 0.0714 e. The Morgan fingerprint density at radius 3 is 1.17 bits per heavy atom. The van der Waals surface area contributed by atoms with Crippen LogP contribution in [-0.4, -0.2) is 15.0 Å². The minimum atomic E-state index is -0.772. The molecule has 3 heterocycles. The topological polar surface area (TPSA) is 38.7 Å². The molecule has 368 valence electrons. The number of rotatable bonds is 14. The summed E-state index contributed by atoms with van der Waals surface area (Å²) >= 11 is 0. The molecule has 8 aromatic carbocycles. The maximum absolute atomic E-state index is 4.51. The summed E-state index contributed by atoms with van der Waals surface area (Å²) in [5.41, 5.74) is 25.8. The highest BCUT2D eigenvalue weighted by atomic mass is 14.6. The molecular weight excluding hydrogens is 931 g/mol. The fourth-order valence-electron chi connectivity index (χ4n) is 11.2. The number of hydrogen-bond acceptors (Lipinski definition) is 3. The van der Waals surface area contributed by atoms with Gasteiger partial charge in [-0.15, -0.1) is 0 Å². The zero-order valence-corrected chi connectivity index (χ0v) is 43.4. The summed E-state index contributed by atoms with van der Waals surface area (Å²) in [6, 6.07) is 80.9. The molecule has 0 aliphatic heterocycles. The van der Waals surface area contributed by atoms with Crippen LogP contribution in [0, 0.1) is 0 Å². The van der Waals surface area contributed by atoms with Crippen molar-refractivity contribution in [2.24, 2.45) is 0 Å². The maximum atomic E-state index is 4.51. The van der Waals surface area contributed by atoms with Gasteiger partial charge in [-0.05, 0) is 204 Å². The Morgan fingerprint density at radius 1 is 0.403 bits per heavy atom. The van der Waals surface area contributed by atoms with Crippen LogP contribution in [0.25, 0.3) is 94.6 Å². The summed E-state index contributed by atoms with van der Waals surface area (Å²) in [5.74, 6) is 0. The summed E-state index contributed by atoms with van der Waals surface area (Å²) in [7, 11) is 0. The third-order valence-corrected chi connectivity index (χ3v) is 15.3. The Hall–Kier alpha value is -9.57. The van der Waals surface area contributed by atoms with Crippen LogP contribution in [0.2, 0.25) is 0 Å². The van der Waals surface area contributed by atoms with Crippen molar-refractivity contribution in [2.75, 3.05) is 0 Å². The molecule has 0 saturated heterocycles. The van der Waals surface area contributed by atoms with Crippen LogP contribution in [0.1, 0.15) is 54.5 Å². The fraction of sp³-hybridized carbons (Fsp3) is 0.0676. The van der Waals surface area contributed by atoms with Crippen molar-refractivity contribution in [3.05, 3.63) is 314 Å². The molecule has 0 fully saturated rings. The van der Waals surface area contributed by atoms with Gasteiger partial charge in [0.1, 0.15) is 0 Å². The quantitative estimate of drug-likeness (QED) is 0.0805. The molecule has 0 saturated carbocycles. The first-order chi connectivity index (χ1) is 37.9. The molecule has 0 spiro atoms. The van der Waals surface area contributed by atoms with Gasteiger partial charge in [-0.2, -0.15) is 0 Å². The van der Waals surface area contributed by atoms with Crippen LogP contribution in [0.15, 0.2) is 286 Å². The third-order valence-electron chi connectivity index (χ3n) is 15.3. The predicted octanol–water partition coefficient (Wildman–Crippen LogP) is 19.2. The van der Waals surface area contributed by atoms with E-state index in [0.717, 1.165) is 90.7 Å². The predicted molar refractivity (Wildman–Crippen MR) is 322 cm³/mol. The highest BCUT2D eigenvalue weighted by Gasteiger charge is 2.46. The third kappa shape index (κ3) is 9.61. The Bertz CT molecular complexity index is 3870. The molecule has 1 aliphatic rings. The lowest BCUT2D eigenvalue weighted by Crippen LogP contribution is -2.29. The number of benzene rings is 8. The number of fused-ring (bicyclic) bond motifs is 3. The van der Waals surface area contributed by atoms with E-state index in [4.69, 9.17) is 0 Å². The zero-order valence-electron chi connectivity index (χ0n) is 43.4. The molecule has 3 heteroatoms. The van der Waals surface area contributed by atoms with Crippen molar-refractivity contribution in [1.29, 1.82) is 0 Å². The summed E-state index contributed by atoms with van der Waals surface area (Å²) in [5, 5.41) is 0. The van der Waals surface area contributed by atoms with Crippen molar-refractivity contribution in [1.82, 2.24) is 15.0 Å². The minimum absolute atomic E-state index is 0.772. The van der Waals surface area contributed by atoms with Gasteiger partial charge >= 0.3 is 0 Å². The van der Waals surface area contributed by atoms with E-state index < -0.39 is 5.41 Å². The molecule has 0 atom stereocenters. The first-order valence-corrected chi connectivity index (χ1v) is 26.6. The van der Waals surface area contributed by atoms with Crippen LogP contribution >= 0.6 is 0 Å². The second-order valence-electron chi connectivity index (χ2n) is 20.1. The molecule has 3 nitrogen and oxygen atoms in total. The fourth-order valence-corrected chi connectivity index (χ4v) is 11.2. The number of nitrogens with zero attached hydrogens (tertiary/aromatic N) is 3. The van der Waals surface area contributed by atoms with Crippen molar-refractivity contribution in [3.8, 4) is 89.0 Å². The maximum Gasteiger partial charge on any atom is 0.0714 e. The van der Waals surface area contributed by atoms with E-state index in [9.17, 15) is 0 Å². The van der Waals surface area contributed by atoms with Crippen molar-refractivity contribution in [3.63, 3.8) is 0 Å². The van der Waals surface area contributed by atoms with Crippen LogP contribution < -0.4 is 0 Å². The normalized spacial score (nSPS) is 12.6. The lowest BCUT2D eigenvalue weighted by Gasteiger charge is -2.35. The average Bonchev–Trinajstić information content (AvgIpc) is 4.04. The van der Waals surface area contributed by atoms with Gasteiger partial charge in [-0.25, -0.2) is 0 Å². The Balaban J connectivity index is 1.14. The summed E-state index contributed by atoms with van der Waals surface area (Å²) in [4.78, 5) is 13.5. The number of pyridine rings is 3. The van der Waals surface area contributed by atoms with E-state index in [1.165, 1.54) is 50.1 Å². The molecule has 0 bridgehead atoms. The van der Waals surface area contributed by atoms with E-state index in [0.29, 0.717) is 0 Å². The van der Waals surface area contributed by atoms with Crippen LogP contribution in [-0.2, 0) is 5.41 Å². The second-order valence-corrected chi connectivity index (χ2v) is 20.1. The highest BCUT2D eigenvalue weighted by molar-refractivity contribution is 5.90. The van der Waals surface area contributed by atoms with E-state index in [-0.39, 0.29) is 0 Å². The number of allylic oxidation sites excluding steroid dienone is 5. The SMILES string of the molecule is C=C(CC)CC=CC=C(C)c1cccc(-c2cc(-c3cccc(-c4cccnc4)c3)cc(C3(c4cc(-c5cccc(-c6cccnc6)c5)cc(-c5cccc(-c6cccnc6)c5)c4)c4ccccc4-c4ccccc43)c2)c1. The van der Waals surface area contributed by atoms with Gasteiger partial charge in [-0.1, -0.05) is 177 Å². The standard InChI is InChI=1S/C74H57N3/c1-4-51(2)18-5-6-19-52(3)53-20-11-24-57(38-53)64-42-65(58-25-12-21-54(39-58)61-28-15-35-75-48-61)45-68(44-64)74(72-33-9-7-31-70(72)71-32-8-10-34-73(71)74)69-46-66(59-26-13-22-55(40-59)62-29-16-36-76-49-62)43-67(47-69)60-27-14-23-56(41-60)63-30-17-37-77-50-63/h5-17,19-50H,2,4,18H2,1,3H3. The van der Waals surface area contributed by atoms with Crippen molar-refractivity contribution >= 4 is 5.57 Å². The molecule has 12 rings (SSSR count). The Labute approximate surface area is 453 Å². The van der Waals surface area contributed by atoms with Crippen molar-refractivity contribution in [2.45, 2.75) is 32.1 Å². The van der Waals surface area contributed by atoms with Gasteiger partial charge < -0.3 is 0 Å². The summed E-state index contributed by atoms with van der Waals surface area (Å²) < 4.78 is 0. The van der Waals surface area contributed by atoms with Gasteiger partial charge in [0.2, 0.25) is 0 Å². The lowest BCUT2D eigenvalue weighted by atomic mass is 9.66. The zero-order chi connectivity index (χ0) is 52.1. The summed E-state index contributed by atoms with van der Waals surface area (Å²) in [6.45, 7) is 8.58. The van der Waals surface area contributed by atoms with Gasteiger partial charge in [0.05, 0.1) is 5.41 Å². The van der Waals surface area contributed by atoms with Gasteiger partial charge in [0.15, 0.2) is 0 Å². The minimum Gasteiger partial charge on any atom is -0.264 e.